The Bertz CT molecular complexity index is 1040. The molecule has 0 aromatic heterocycles. The maximum Gasteiger partial charge on any atom is 0.271 e. The number of hydrogen-bond donors (Lipinski definition) is 1. The summed E-state index contributed by atoms with van der Waals surface area (Å²) < 4.78 is 24.8. The summed E-state index contributed by atoms with van der Waals surface area (Å²) in [5, 5.41) is 15.4. The van der Waals surface area contributed by atoms with Crippen LogP contribution >= 0.6 is 23.2 Å². The number of carbonyl (C=O) groups is 1. The number of hydrazone groups is 1. The summed E-state index contributed by atoms with van der Waals surface area (Å²) in [7, 11) is -3.88. The molecular formula is C16H14Cl2N4O5S. The van der Waals surface area contributed by atoms with Crippen molar-refractivity contribution in [2.24, 2.45) is 5.10 Å². The summed E-state index contributed by atoms with van der Waals surface area (Å²) in [4.78, 5) is 22.3. The van der Waals surface area contributed by atoms with Gasteiger partial charge in [-0.3, -0.25) is 19.2 Å². The number of non-ortho nitro benzene ring substituents is 1. The van der Waals surface area contributed by atoms with E-state index in [2.05, 4.69) is 10.5 Å². The second-order valence-electron chi connectivity index (χ2n) is 5.51. The van der Waals surface area contributed by atoms with E-state index in [0.29, 0.717) is 15.6 Å². The van der Waals surface area contributed by atoms with Crippen molar-refractivity contribution in [1.29, 1.82) is 0 Å². The van der Waals surface area contributed by atoms with Gasteiger partial charge in [0.2, 0.25) is 10.0 Å². The molecule has 2 rings (SSSR count). The number of amides is 1. The van der Waals surface area contributed by atoms with Gasteiger partial charge in [-0.05, 0) is 18.2 Å². The lowest BCUT2D eigenvalue weighted by molar-refractivity contribution is -0.384. The zero-order valence-electron chi connectivity index (χ0n) is 14.4. The predicted molar refractivity (Wildman–Crippen MR) is 107 cm³/mol. The van der Waals surface area contributed by atoms with E-state index in [4.69, 9.17) is 23.2 Å². The molecule has 9 nitrogen and oxygen atoms in total. The number of nitrogens with one attached hydrogen (secondary N) is 1. The maximum atomic E-state index is 12.1. The minimum atomic E-state index is -3.88. The number of sulfonamides is 1. The van der Waals surface area contributed by atoms with E-state index in [1.807, 2.05) is 0 Å². The monoisotopic (exact) mass is 444 g/mol. The molecule has 1 N–H and O–H groups in total. The van der Waals surface area contributed by atoms with Crippen LogP contribution in [0, 0.1) is 10.1 Å². The average Bonchev–Trinajstić information content (AvgIpc) is 2.60. The molecule has 0 fully saturated rings. The highest BCUT2D eigenvalue weighted by Crippen LogP contribution is 2.23. The molecule has 0 saturated carbocycles. The zero-order valence-corrected chi connectivity index (χ0v) is 16.7. The molecule has 0 bridgehead atoms. The van der Waals surface area contributed by atoms with E-state index in [0.717, 1.165) is 16.6 Å². The van der Waals surface area contributed by atoms with Crippen LogP contribution in [0.1, 0.15) is 5.56 Å². The molecular weight excluding hydrogens is 431 g/mol. The van der Waals surface area contributed by atoms with E-state index in [9.17, 15) is 23.3 Å². The summed E-state index contributed by atoms with van der Waals surface area (Å²) in [5.41, 5.74) is 2.35. The number of nitro benzene ring substituents is 1. The SMILES string of the molecule is CS(=O)(=O)N(CC(=O)N/N=C\c1ccc(Cl)cc1Cl)c1cccc([N+](=O)[O-])c1. The summed E-state index contributed by atoms with van der Waals surface area (Å²) in [6, 6.07) is 9.62. The van der Waals surface area contributed by atoms with E-state index in [1.54, 1.807) is 12.1 Å². The Kier molecular flexibility index (Phi) is 6.95. The number of halogens is 2. The number of hydrogen-bond acceptors (Lipinski definition) is 6. The second kappa shape index (κ2) is 9.00. The minimum absolute atomic E-state index is 0.0171. The molecule has 148 valence electrons. The summed E-state index contributed by atoms with van der Waals surface area (Å²) >= 11 is 11.8. The Morgan fingerprint density at radius 3 is 2.61 bits per heavy atom. The van der Waals surface area contributed by atoms with Crippen molar-refractivity contribution in [2.75, 3.05) is 17.1 Å². The van der Waals surface area contributed by atoms with Crippen molar-refractivity contribution >= 4 is 56.7 Å². The number of carbonyl (C=O) groups excluding carboxylic acids is 1. The molecule has 0 saturated heterocycles. The lowest BCUT2D eigenvalue weighted by Gasteiger charge is -2.21. The quantitative estimate of drug-likeness (QED) is 0.399. The molecule has 0 aliphatic rings. The fraction of sp³-hybridized carbons (Fsp3) is 0.125. The Morgan fingerprint density at radius 2 is 2.00 bits per heavy atom. The molecule has 0 aliphatic heterocycles. The summed E-state index contributed by atoms with van der Waals surface area (Å²) in [6.07, 6.45) is 2.16. The van der Waals surface area contributed by atoms with Gasteiger partial charge in [0.25, 0.3) is 11.6 Å². The normalized spacial score (nSPS) is 11.4. The first-order valence-electron chi connectivity index (χ1n) is 7.57. The van der Waals surface area contributed by atoms with Crippen molar-refractivity contribution < 1.29 is 18.1 Å². The Hall–Kier alpha value is -2.69. The van der Waals surface area contributed by atoms with Crippen LogP contribution in [0.3, 0.4) is 0 Å². The van der Waals surface area contributed by atoms with Gasteiger partial charge in [0, 0.05) is 22.7 Å². The molecule has 0 atom stereocenters. The van der Waals surface area contributed by atoms with Crippen molar-refractivity contribution in [3.05, 3.63) is 68.2 Å². The van der Waals surface area contributed by atoms with Crippen molar-refractivity contribution in [3.63, 3.8) is 0 Å². The smallest absolute Gasteiger partial charge is 0.271 e. The highest BCUT2D eigenvalue weighted by molar-refractivity contribution is 7.92. The van der Waals surface area contributed by atoms with E-state index >= 15 is 0 Å². The third-order valence-corrected chi connectivity index (χ3v) is 5.07. The summed E-state index contributed by atoms with van der Waals surface area (Å²) in [6.45, 7) is -0.619. The number of rotatable bonds is 7. The van der Waals surface area contributed by atoms with Crippen LogP contribution in [0.2, 0.25) is 10.0 Å². The van der Waals surface area contributed by atoms with Crippen LogP contribution in [0.15, 0.2) is 47.6 Å². The second-order valence-corrected chi connectivity index (χ2v) is 8.26. The minimum Gasteiger partial charge on any atom is -0.271 e. The third-order valence-electron chi connectivity index (χ3n) is 3.37. The van der Waals surface area contributed by atoms with Gasteiger partial charge in [-0.15, -0.1) is 0 Å². The van der Waals surface area contributed by atoms with Crippen LogP contribution in [0.5, 0.6) is 0 Å². The van der Waals surface area contributed by atoms with Gasteiger partial charge >= 0.3 is 0 Å². The standard InChI is InChI=1S/C16H14Cl2N4O5S/c1-28(26,27)21(13-3-2-4-14(8-13)22(24)25)10-16(23)20-19-9-11-5-6-12(17)7-15(11)18/h2-9H,10H2,1H3,(H,20,23)/b19-9-. The van der Waals surface area contributed by atoms with Gasteiger partial charge in [0.1, 0.15) is 6.54 Å². The van der Waals surface area contributed by atoms with E-state index < -0.39 is 27.4 Å². The number of nitrogens with zero attached hydrogens (tertiary/aromatic N) is 3. The van der Waals surface area contributed by atoms with Gasteiger partial charge in [0.05, 0.1) is 28.1 Å². The van der Waals surface area contributed by atoms with Crippen molar-refractivity contribution in [1.82, 2.24) is 5.43 Å². The van der Waals surface area contributed by atoms with Crippen LogP contribution in [-0.2, 0) is 14.8 Å². The first kappa shape index (κ1) is 21.6. The summed E-state index contributed by atoms with van der Waals surface area (Å²) in [5.74, 6) is -0.752. The molecule has 2 aromatic rings. The fourth-order valence-electron chi connectivity index (χ4n) is 2.11. The average molecular weight is 445 g/mol. The first-order chi connectivity index (χ1) is 13.1. The number of nitro groups is 1. The van der Waals surface area contributed by atoms with Gasteiger partial charge in [-0.1, -0.05) is 35.3 Å². The lowest BCUT2D eigenvalue weighted by Crippen LogP contribution is -2.39. The highest BCUT2D eigenvalue weighted by atomic mass is 35.5. The third kappa shape index (κ3) is 5.91. The Labute approximate surface area is 170 Å². The van der Waals surface area contributed by atoms with Gasteiger partial charge in [-0.2, -0.15) is 5.10 Å². The fourth-order valence-corrected chi connectivity index (χ4v) is 3.41. The topological polar surface area (TPSA) is 122 Å². The molecule has 1 amide bonds. The number of benzene rings is 2. The van der Waals surface area contributed by atoms with Crippen molar-refractivity contribution in [3.8, 4) is 0 Å². The van der Waals surface area contributed by atoms with E-state index in [-0.39, 0.29) is 11.4 Å². The molecule has 0 radical (unpaired) electrons. The molecule has 12 heteroatoms. The molecule has 2 aromatic carbocycles. The number of anilines is 1. The Morgan fingerprint density at radius 1 is 1.29 bits per heavy atom. The molecule has 0 spiro atoms. The molecule has 0 heterocycles. The van der Waals surface area contributed by atoms with Crippen LogP contribution in [0.4, 0.5) is 11.4 Å². The first-order valence-corrected chi connectivity index (χ1v) is 10.2. The lowest BCUT2D eigenvalue weighted by atomic mass is 10.2. The Balaban J connectivity index is 2.14. The predicted octanol–water partition coefficient (Wildman–Crippen LogP) is 2.82. The van der Waals surface area contributed by atoms with E-state index in [1.165, 1.54) is 30.5 Å². The van der Waals surface area contributed by atoms with Gasteiger partial charge in [0.15, 0.2) is 0 Å². The highest BCUT2D eigenvalue weighted by Gasteiger charge is 2.22. The largest absolute Gasteiger partial charge is 0.271 e. The van der Waals surface area contributed by atoms with Crippen LogP contribution < -0.4 is 9.73 Å². The van der Waals surface area contributed by atoms with Crippen molar-refractivity contribution in [2.45, 2.75) is 0 Å². The van der Waals surface area contributed by atoms with Gasteiger partial charge in [-0.25, -0.2) is 13.8 Å². The molecule has 0 aliphatic carbocycles. The maximum absolute atomic E-state index is 12.1. The van der Waals surface area contributed by atoms with Crippen LogP contribution in [-0.4, -0.2) is 38.3 Å². The van der Waals surface area contributed by atoms with Gasteiger partial charge < -0.3 is 0 Å². The zero-order chi connectivity index (χ0) is 20.9. The molecule has 0 unspecified atom stereocenters. The molecule has 28 heavy (non-hydrogen) atoms. The van der Waals surface area contributed by atoms with Crippen LogP contribution in [0.25, 0.3) is 0 Å².